The van der Waals surface area contributed by atoms with Crippen molar-refractivity contribution in [2.45, 2.75) is 13.3 Å². The van der Waals surface area contributed by atoms with E-state index in [0.29, 0.717) is 5.69 Å². The molecule has 6 heteroatoms. The molecule has 0 radical (unpaired) electrons. The van der Waals surface area contributed by atoms with Gasteiger partial charge in [0.15, 0.2) is 5.82 Å². The average Bonchev–Trinajstić information content (AvgIpc) is 2.63. The molecule has 0 aromatic heterocycles. The number of benzene rings is 1. The molecule has 0 N–H and O–H groups in total. The summed E-state index contributed by atoms with van der Waals surface area (Å²) in [6.45, 7) is 6.56. The lowest BCUT2D eigenvalue weighted by molar-refractivity contribution is -0.385. The van der Waals surface area contributed by atoms with E-state index >= 15 is 0 Å². The highest BCUT2D eigenvalue weighted by molar-refractivity contribution is 5.52. The van der Waals surface area contributed by atoms with Gasteiger partial charge >= 0.3 is 0 Å². The SMILES string of the molecule is CCN1CCCN(c2ccc([N+](=O)[O-])cc2F)CC1. The number of anilines is 1. The van der Waals surface area contributed by atoms with Crippen LogP contribution in [0, 0.1) is 15.9 Å². The molecule has 1 fully saturated rings. The van der Waals surface area contributed by atoms with Crippen molar-refractivity contribution in [3.8, 4) is 0 Å². The van der Waals surface area contributed by atoms with Gasteiger partial charge in [-0.15, -0.1) is 0 Å². The molecule has 1 saturated heterocycles. The Balaban J connectivity index is 2.15. The summed E-state index contributed by atoms with van der Waals surface area (Å²) in [5.41, 5.74) is 0.259. The Hall–Kier alpha value is -1.69. The Morgan fingerprint density at radius 1 is 1.32 bits per heavy atom. The fourth-order valence-electron chi connectivity index (χ4n) is 2.39. The monoisotopic (exact) mass is 267 g/mol. The maximum atomic E-state index is 13.9. The Morgan fingerprint density at radius 3 is 2.74 bits per heavy atom. The van der Waals surface area contributed by atoms with Gasteiger partial charge in [-0.2, -0.15) is 0 Å². The van der Waals surface area contributed by atoms with E-state index in [9.17, 15) is 14.5 Å². The van der Waals surface area contributed by atoms with Crippen molar-refractivity contribution in [3.05, 3.63) is 34.1 Å². The first-order valence-electron chi connectivity index (χ1n) is 6.53. The zero-order chi connectivity index (χ0) is 13.8. The van der Waals surface area contributed by atoms with Crippen LogP contribution in [-0.4, -0.2) is 42.5 Å². The van der Waals surface area contributed by atoms with Crippen molar-refractivity contribution in [3.63, 3.8) is 0 Å². The molecule has 104 valence electrons. The summed E-state index contributed by atoms with van der Waals surface area (Å²) in [5.74, 6) is -0.515. The van der Waals surface area contributed by atoms with Crippen LogP contribution in [0.2, 0.25) is 0 Å². The fraction of sp³-hybridized carbons (Fsp3) is 0.538. The Bertz CT molecular complexity index is 467. The molecule has 1 heterocycles. The van der Waals surface area contributed by atoms with Crippen molar-refractivity contribution >= 4 is 11.4 Å². The fourth-order valence-corrected chi connectivity index (χ4v) is 2.39. The Morgan fingerprint density at radius 2 is 2.11 bits per heavy atom. The van der Waals surface area contributed by atoms with Crippen molar-refractivity contribution in [1.29, 1.82) is 0 Å². The van der Waals surface area contributed by atoms with Crippen LogP contribution in [-0.2, 0) is 0 Å². The molecular formula is C13H18FN3O2. The molecule has 1 aromatic rings. The number of hydrogen-bond donors (Lipinski definition) is 0. The number of nitrogens with zero attached hydrogens (tertiary/aromatic N) is 3. The van der Waals surface area contributed by atoms with Crippen molar-refractivity contribution in [2.75, 3.05) is 37.6 Å². The lowest BCUT2D eigenvalue weighted by atomic mass is 10.2. The van der Waals surface area contributed by atoms with Gasteiger partial charge in [-0.25, -0.2) is 4.39 Å². The number of nitro benzene ring substituents is 1. The summed E-state index contributed by atoms with van der Waals surface area (Å²) in [6.07, 6.45) is 0.976. The van der Waals surface area contributed by atoms with Crippen LogP contribution in [0.15, 0.2) is 18.2 Å². The van der Waals surface area contributed by atoms with E-state index < -0.39 is 10.7 Å². The van der Waals surface area contributed by atoms with Crippen molar-refractivity contribution < 1.29 is 9.31 Å². The smallest absolute Gasteiger partial charge is 0.272 e. The quantitative estimate of drug-likeness (QED) is 0.622. The van der Waals surface area contributed by atoms with Gasteiger partial charge in [-0.05, 0) is 25.6 Å². The zero-order valence-corrected chi connectivity index (χ0v) is 11.0. The molecule has 0 unspecified atom stereocenters. The predicted molar refractivity (Wildman–Crippen MR) is 72.0 cm³/mol. The molecular weight excluding hydrogens is 249 g/mol. The van der Waals surface area contributed by atoms with Crippen LogP contribution in [0.4, 0.5) is 15.8 Å². The summed E-state index contributed by atoms with van der Waals surface area (Å²) in [7, 11) is 0. The van der Waals surface area contributed by atoms with Gasteiger partial charge in [0.25, 0.3) is 5.69 Å². The van der Waals surface area contributed by atoms with Gasteiger partial charge in [0.1, 0.15) is 0 Å². The first-order valence-corrected chi connectivity index (χ1v) is 6.53. The molecule has 2 rings (SSSR count). The minimum atomic E-state index is -0.575. The van der Waals surface area contributed by atoms with Crippen LogP contribution in [0.5, 0.6) is 0 Å². The Kier molecular flexibility index (Phi) is 4.31. The maximum Gasteiger partial charge on any atom is 0.272 e. The van der Waals surface area contributed by atoms with Crippen LogP contribution < -0.4 is 4.90 Å². The van der Waals surface area contributed by atoms with Gasteiger partial charge < -0.3 is 9.80 Å². The molecule has 1 aromatic carbocycles. The molecule has 19 heavy (non-hydrogen) atoms. The predicted octanol–water partition coefficient (Wildman–Crippen LogP) is 2.27. The van der Waals surface area contributed by atoms with Crippen molar-refractivity contribution in [2.24, 2.45) is 0 Å². The largest absolute Gasteiger partial charge is 0.368 e. The zero-order valence-electron chi connectivity index (χ0n) is 11.0. The number of likely N-dealkylation sites (N-methyl/N-ethyl adjacent to an activating group) is 1. The lowest BCUT2D eigenvalue weighted by Gasteiger charge is -2.23. The van der Waals surface area contributed by atoms with Crippen LogP contribution in [0.1, 0.15) is 13.3 Å². The highest BCUT2D eigenvalue weighted by Gasteiger charge is 2.18. The summed E-state index contributed by atoms with van der Waals surface area (Å²) < 4.78 is 13.9. The standard InChI is InChI=1S/C13H18FN3O2/c1-2-15-6-3-7-16(9-8-15)13-5-4-11(17(18)19)10-12(13)14/h4-5,10H,2-3,6-9H2,1H3. The molecule has 0 bridgehead atoms. The van der Waals surface area contributed by atoms with E-state index in [4.69, 9.17) is 0 Å². The van der Waals surface area contributed by atoms with Gasteiger partial charge in [-0.3, -0.25) is 10.1 Å². The van der Waals surface area contributed by atoms with Crippen molar-refractivity contribution in [1.82, 2.24) is 4.90 Å². The molecule has 1 aliphatic rings. The van der Waals surface area contributed by atoms with Crippen LogP contribution in [0.3, 0.4) is 0 Å². The maximum absolute atomic E-state index is 13.9. The topological polar surface area (TPSA) is 49.6 Å². The molecule has 0 atom stereocenters. The van der Waals surface area contributed by atoms with Gasteiger partial charge in [-0.1, -0.05) is 6.92 Å². The van der Waals surface area contributed by atoms with E-state index in [1.165, 1.54) is 12.1 Å². The van der Waals surface area contributed by atoms with E-state index in [-0.39, 0.29) is 5.69 Å². The molecule has 0 saturated carbocycles. The number of non-ortho nitro benzene ring substituents is 1. The third-order valence-electron chi connectivity index (χ3n) is 3.52. The van der Waals surface area contributed by atoms with E-state index in [2.05, 4.69) is 11.8 Å². The first-order chi connectivity index (χ1) is 9.11. The van der Waals surface area contributed by atoms with Crippen LogP contribution >= 0.6 is 0 Å². The second-order valence-electron chi connectivity index (χ2n) is 4.67. The summed E-state index contributed by atoms with van der Waals surface area (Å²) in [6, 6.07) is 3.87. The Labute approximate surface area is 111 Å². The van der Waals surface area contributed by atoms with E-state index in [1.54, 1.807) is 0 Å². The number of rotatable bonds is 3. The number of halogens is 1. The van der Waals surface area contributed by atoms with E-state index in [0.717, 1.165) is 45.2 Å². The lowest BCUT2D eigenvalue weighted by Crippen LogP contribution is -2.31. The average molecular weight is 267 g/mol. The second kappa shape index (κ2) is 5.97. The van der Waals surface area contributed by atoms with Gasteiger partial charge in [0, 0.05) is 25.7 Å². The second-order valence-corrected chi connectivity index (χ2v) is 4.67. The van der Waals surface area contributed by atoms with Gasteiger partial charge in [0.2, 0.25) is 0 Å². The number of nitro groups is 1. The third-order valence-corrected chi connectivity index (χ3v) is 3.52. The molecule has 0 amide bonds. The first kappa shape index (κ1) is 13.7. The van der Waals surface area contributed by atoms with E-state index in [1.807, 2.05) is 4.90 Å². The molecule has 0 spiro atoms. The minimum Gasteiger partial charge on any atom is -0.368 e. The minimum absolute atomic E-state index is 0.203. The third kappa shape index (κ3) is 3.20. The molecule has 5 nitrogen and oxygen atoms in total. The van der Waals surface area contributed by atoms with Gasteiger partial charge in [0.05, 0.1) is 16.7 Å². The summed E-state index contributed by atoms with van der Waals surface area (Å²) in [4.78, 5) is 14.3. The summed E-state index contributed by atoms with van der Waals surface area (Å²) in [5, 5.41) is 10.6. The molecule has 0 aliphatic carbocycles. The highest BCUT2D eigenvalue weighted by atomic mass is 19.1. The van der Waals surface area contributed by atoms with Crippen LogP contribution in [0.25, 0.3) is 0 Å². The normalized spacial score (nSPS) is 17.3. The molecule has 1 aliphatic heterocycles. The summed E-state index contributed by atoms with van der Waals surface area (Å²) >= 11 is 0. The highest BCUT2D eigenvalue weighted by Crippen LogP contribution is 2.24. The number of hydrogen-bond acceptors (Lipinski definition) is 4.